The molecule has 6 aliphatic heterocycles. The van der Waals surface area contributed by atoms with Gasteiger partial charge in [-0.3, -0.25) is 0 Å². The number of aliphatic hydroxyl groups is 12. The highest BCUT2D eigenvalue weighted by Crippen LogP contribution is 2.71. The van der Waals surface area contributed by atoms with E-state index in [0.717, 1.165) is 51.6 Å². The normalized spacial score (nSPS) is 58.5. The summed E-state index contributed by atoms with van der Waals surface area (Å²) in [5.41, 5.74) is 0.294. The van der Waals surface area contributed by atoms with Crippen molar-refractivity contribution in [2.24, 2.45) is 52.3 Å². The van der Waals surface area contributed by atoms with Crippen LogP contribution in [0.1, 0.15) is 91.9 Å². The van der Waals surface area contributed by atoms with Gasteiger partial charge in [-0.15, -0.1) is 0 Å². The molecule has 0 bridgehead atoms. The van der Waals surface area contributed by atoms with Crippen molar-refractivity contribution in [3.05, 3.63) is 0 Å². The Kier molecular flexibility index (Phi) is 15.4. The molecule has 4 aliphatic carbocycles. The van der Waals surface area contributed by atoms with E-state index in [1.165, 1.54) is 12.8 Å². The number of rotatable bonds is 10. The lowest BCUT2D eigenvalue weighted by atomic mass is 9.44. The molecule has 0 aromatic rings. The smallest absolute Gasteiger partial charge is 0.192 e. The van der Waals surface area contributed by atoms with Crippen molar-refractivity contribution in [2.45, 2.75) is 227 Å². The van der Waals surface area contributed by atoms with Gasteiger partial charge in [0.1, 0.15) is 85.5 Å². The van der Waals surface area contributed by atoms with Crippen molar-refractivity contribution < 1.29 is 109 Å². The van der Waals surface area contributed by atoms with Gasteiger partial charge in [-0.1, -0.05) is 27.7 Å². The van der Waals surface area contributed by atoms with E-state index in [9.17, 15) is 61.3 Å². The van der Waals surface area contributed by atoms with Gasteiger partial charge in [0.05, 0.1) is 38.6 Å². The van der Waals surface area contributed by atoms with Gasteiger partial charge in [0.2, 0.25) is 0 Å². The molecular formula is C49H80O22. The molecule has 0 amide bonds. The number of ether oxygens (including phenoxy) is 10. The maximum Gasteiger partial charge on any atom is 0.192 e. The van der Waals surface area contributed by atoms with Crippen LogP contribution in [0, 0.1) is 52.3 Å². The van der Waals surface area contributed by atoms with E-state index in [-0.39, 0.29) is 23.0 Å². The summed E-state index contributed by atoms with van der Waals surface area (Å²) in [5, 5.41) is 128. The van der Waals surface area contributed by atoms with Crippen LogP contribution >= 0.6 is 0 Å². The molecule has 71 heavy (non-hydrogen) atoms. The fraction of sp³-hybridized carbons (Fsp3) is 1.00. The molecule has 10 aliphatic rings. The lowest BCUT2D eigenvalue weighted by Gasteiger charge is -2.61. The quantitative estimate of drug-likeness (QED) is 0.102. The number of fused-ring (bicyclic) bond motifs is 7. The number of hydrogen-bond donors (Lipinski definition) is 12. The predicted octanol–water partition coefficient (Wildman–Crippen LogP) is -2.31. The third kappa shape index (κ3) is 9.19. The molecule has 4 saturated carbocycles. The van der Waals surface area contributed by atoms with Crippen LogP contribution in [0.5, 0.6) is 0 Å². The predicted molar refractivity (Wildman–Crippen MR) is 237 cm³/mol. The summed E-state index contributed by atoms with van der Waals surface area (Å²) in [6.45, 7) is 8.46. The summed E-state index contributed by atoms with van der Waals surface area (Å²) in [5.74, 6) is 3.08. The van der Waals surface area contributed by atoms with E-state index in [2.05, 4.69) is 27.7 Å². The number of hydrogen-bond acceptors (Lipinski definition) is 22. The molecule has 6 saturated heterocycles. The lowest BCUT2D eigenvalue weighted by molar-refractivity contribution is -0.411. The van der Waals surface area contributed by atoms with Gasteiger partial charge >= 0.3 is 0 Å². The van der Waals surface area contributed by atoms with Crippen molar-refractivity contribution in [1.82, 2.24) is 0 Å². The Morgan fingerprint density at radius 1 is 0.521 bits per heavy atom. The van der Waals surface area contributed by atoms with Crippen LogP contribution in [0.3, 0.4) is 0 Å². The monoisotopic (exact) mass is 1020 g/mol. The molecule has 10 fully saturated rings. The zero-order valence-electron chi connectivity index (χ0n) is 41.0. The van der Waals surface area contributed by atoms with E-state index < -0.39 is 143 Å². The molecule has 22 heteroatoms. The SMILES string of the molecule is CC1CCC2(OC1)OC1CC3C4CCC5CC(OC6OC(CO)C(O)C(O)C6OC6OCC(OC7OC(OC8OC(CO)C(O)C(O)C8O)C(O)C(O)C7O)C(O)C6O)CCC5(C)C4CCC3(C)C1C2C. The third-order valence-corrected chi connectivity index (χ3v) is 19.7. The zero-order chi connectivity index (χ0) is 50.6. The summed E-state index contributed by atoms with van der Waals surface area (Å²) in [4.78, 5) is 0. The van der Waals surface area contributed by atoms with Gasteiger partial charge in [-0.25, -0.2) is 0 Å². The van der Waals surface area contributed by atoms with Crippen LogP contribution in [0.2, 0.25) is 0 Å². The van der Waals surface area contributed by atoms with Crippen molar-refractivity contribution in [2.75, 3.05) is 26.4 Å². The van der Waals surface area contributed by atoms with Crippen LogP contribution in [0.15, 0.2) is 0 Å². The second-order valence-corrected chi connectivity index (χ2v) is 23.5. The Labute approximate surface area is 413 Å². The van der Waals surface area contributed by atoms with Gasteiger partial charge in [0.15, 0.2) is 37.2 Å². The first-order valence-electron chi connectivity index (χ1n) is 26.3. The standard InChI is InChI=1S/C49H80O22/c1-19-7-12-49(63-17-19)20(2)30-26(71-49)14-25-23-6-5-21-13-22(8-10-47(21,3)24(23)9-11-48(25,30)4)64-46-41(36(57)32(53)28(16-51)66-46)68-42-37(58)33(54)29(18-62-42)67-44-39(60)35(56)40(61)45(70-44)69-43-38(59)34(55)31(52)27(15-50)65-43/h19-46,50-61H,5-18H2,1-4H3. The first-order valence-corrected chi connectivity index (χ1v) is 26.3. The maximum absolute atomic E-state index is 11.4. The van der Waals surface area contributed by atoms with Gasteiger partial charge in [0.25, 0.3) is 0 Å². The Hall–Kier alpha value is -0.880. The van der Waals surface area contributed by atoms with E-state index in [1.807, 2.05) is 0 Å². The molecule has 6 heterocycles. The fourth-order valence-corrected chi connectivity index (χ4v) is 15.5. The van der Waals surface area contributed by atoms with E-state index in [1.54, 1.807) is 0 Å². The Morgan fingerprint density at radius 2 is 1.14 bits per heavy atom. The van der Waals surface area contributed by atoms with Crippen molar-refractivity contribution >= 4 is 0 Å². The molecule has 0 radical (unpaired) electrons. The highest BCUT2D eigenvalue weighted by molar-refractivity contribution is 5.15. The average Bonchev–Trinajstić information content (AvgIpc) is 3.80. The second kappa shape index (κ2) is 20.5. The Balaban J connectivity index is 0.760. The van der Waals surface area contributed by atoms with Gasteiger partial charge in [0, 0.05) is 12.3 Å². The highest BCUT2D eigenvalue weighted by atomic mass is 16.8. The average molecular weight is 1020 g/mol. The minimum absolute atomic E-state index is 0.0917. The zero-order valence-corrected chi connectivity index (χ0v) is 41.0. The summed E-state index contributed by atoms with van der Waals surface area (Å²) in [6, 6.07) is 0. The molecule has 10 rings (SSSR count). The van der Waals surface area contributed by atoms with E-state index in [4.69, 9.17) is 47.4 Å². The van der Waals surface area contributed by atoms with Crippen LogP contribution < -0.4 is 0 Å². The lowest BCUT2D eigenvalue weighted by Crippen LogP contribution is -2.65. The minimum Gasteiger partial charge on any atom is -0.394 e. The molecule has 31 atom stereocenters. The molecule has 0 aromatic heterocycles. The molecule has 22 nitrogen and oxygen atoms in total. The van der Waals surface area contributed by atoms with Crippen LogP contribution in [-0.4, -0.2) is 223 Å². The summed E-state index contributed by atoms with van der Waals surface area (Å²) < 4.78 is 60.2. The molecule has 31 unspecified atom stereocenters. The van der Waals surface area contributed by atoms with Gasteiger partial charge < -0.3 is 109 Å². The second-order valence-electron chi connectivity index (χ2n) is 23.5. The Morgan fingerprint density at radius 3 is 1.82 bits per heavy atom. The minimum atomic E-state index is -2.00. The molecular weight excluding hydrogens is 941 g/mol. The van der Waals surface area contributed by atoms with Crippen LogP contribution in [0.25, 0.3) is 0 Å². The largest absolute Gasteiger partial charge is 0.394 e. The van der Waals surface area contributed by atoms with Crippen LogP contribution in [-0.2, 0) is 47.4 Å². The van der Waals surface area contributed by atoms with Crippen molar-refractivity contribution in [3.63, 3.8) is 0 Å². The van der Waals surface area contributed by atoms with Crippen molar-refractivity contribution in [1.29, 1.82) is 0 Å². The summed E-state index contributed by atoms with van der Waals surface area (Å²) in [6.07, 6.45) is -22.6. The van der Waals surface area contributed by atoms with E-state index in [0.29, 0.717) is 47.8 Å². The van der Waals surface area contributed by atoms with Gasteiger partial charge in [-0.2, -0.15) is 0 Å². The third-order valence-electron chi connectivity index (χ3n) is 19.7. The fourth-order valence-electron chi connectivity index (χ4n) is 15.5. The molecule has 1 spiro atoms. The van der Waals surface area contributed by atoms with Gasteiger partial charge in [-0.05, 0) is 104 Å². The van der Waals surface area contributed by atoms with E-state index >= 15 is 0 Å². The molecule has 0 aromatic carbocycles. The molecule has 408 valence electrons. The Bertz CT molecular complexity index is 1810. The van der Waals surface area contributed by atoms with Crippen LogP contribution in [0.4, 0.5) is 0 Å². The summed E-state index contributed by atoms with van der Waals surface area (Å²) in [7, 11) is 0. The molecule has 12 N–H and O–H groups in total. The highest BCUT2D eigenvalue weighted by Gasteiger charge is 2.69. The maximum atomic E-state index is 11.4. The van der Waals surface area contributed by atoms with Crippen molar-refractivity contribution in [3.8, 4) is 0 Å². The summed E-state index contributed by atoms with van der Waals surface area (Å²) >= 11 is 0. The first kappa shape index (κ1) is 53.5. The number of aliphatic hydroxyl groups excluding tert-OH is 12. The topological polar surface area (TPSA) is 335 Å². The first-order chi connectivity index (χ1) is 33.7.